The molecule has 0 aromatic heterocycles. The van der Waals surface area contributed by atoms with Crippen LogP contribution in [0.1, 0.15) is 58.3 Å². The van der Waals surface area contributed by atoms with Crippen LogP contribution in [0.4, 0.5) is 4.79 Å². The highest BCUT2D eigenvalue weighted by Gasteiger charge is 2.61. The van der Waals surface area contributed by atoms with Gasteiger partial charge in [-0.05, 0) is 76.0 Å². The molecule has 0 radical (unpaired) electrons. The third-order valence-electron chi connectivity index (χ3n) is 8.15. The average molecular weight is 419 g/mol. The van der Waals surface area contributed by atoms with Gasteiger partial charge in [-0.2, -0.15) is 0 Å². The Balaban J connectivity index is 1.31. The molecule has 0 aromatic carbocycles. The molecule has 2 aliphatic heterocycles. The molecule has 8 nitrogen and oxygen atoms in total. The fourth-order valence-corrected chi connectivity index (χ4v) is 7.38. The van der Waals surface area contributed by atoms with Gasteiger partial charge in [0.05, 0.1) is 25.2 Å². The van der Waals surface area contributed by atoms with Gasteiger partial charge in [0.15, 0.2) is 6.67 Å². The van der Waals surface area contributed by atoms with E-state index in [9.17, 15) is 19.2 Å². The Morgan fingerprint density at radius 3 is 2.30 bits per heavy atom. The molecule has 2 atom stereocenters. The molecule has 1 unspecified atom stereocenters. The van der Waals surface area contributed by atoms with E-state index >= 15 is 0 Å². The zero-order valence-electron chi connectivity index (χ0n) is 17.7. The molecule has 164 valence electrons. The summed E-state index contributed by atoms with van der Waals surface area (Å²) >= 11 is 0. The number of nitrogens with one attached hydrogen (secondary N) is 1. The first-order valence-corrected chi connectivity index (χ1v) is 11.6. The number of piperidine rings is 1. The highest BCUT2D eigenvalue weighted by Crippen LogP contribution is 2.58. The minimum Gasteiger partial charge on any atom is -0.466 e. The Morgan fingerprint density at radius 2 is 1.70 bits per heavy atom. The van der Waals surface area contributed by atoms with Crippen molar-refractivity contribution in [2.24, 2.45) is 23.7 Å². The monoisotopic (exact) mass is 418 g/mol. The maximum atomic E-state index is 13.3. The van der Waals surface area contributed by atoms with Crippen LogP contribution in [0.15, 0.2) is 0 Å². The standard InChI is InChI=1S/C22H31N3O5/c1-2-30-20(28)17-4-3-5-23(12-17)13-24-18(26)19(27)25(21(24)29)22-9-14-6-15(10-22)8-16(7-14)11-22/h14-17H,2-13H2,1H3/p+1/t14?,15?,16?,17-,22?/m1/s1. The number of nitrogens with zero attached hydrogens (tertiary/aromatic N) is 2. The molecular weight excluding hydrogens is 386 g/mol. The molecule has 2 heterocycles. The molecule has 8 heteroatoms. The summed E-state index contributed by atoms with van der Waals surface area (Å²) in [5, 5.41) is 0. The van der Waals surface area contributed by atoms with Crippen molar-refractivity contribution in [1.82, 2.24) is 9.80 Å². The zero-order chi connectivity index (χ0) is 21.0. The normalized spacial score (nSPS) is 40.4. The van der Waals surface area contributed by atoms with Crippen molar-refractivity contribution in [3.05, 3.63) is 0 Å². The first-order chi connectivity index (χ1) is 14.4. The number of hydrogen-bond donors (Lipinski definition) is 1. The summed E-state index contributed by atoms with van der Waals surface area (Å²) in [5.74, 6) is -0.00418. The van der Waals surface area contributed by atoms with Crippen LogP contribution in [-0.2, 0) is 19.1 Å². The Kier molecular flexibility index (Phi) is 4.87. The maximum absolute atomic E-state index is 13.3. The molecule has 4 saturated carbocycles. The zero-order valence-corrected chi connectivity index (χ0v) is 17.7. The molecule has 4 bridgehead atoms. The third-order valence-corrected chi connectivity index (χ3v) is 8.15. The van der Waals surface area contributed by atoms with Gasteiger partial charge in [0.25, 0.3) is 0 Å². The van der Waals surface area contributed by atoms with Crippen LogP contribution in [0.2, 0.25) is 0 Å². The maximum Gasteiger partial charge on any atom is 0.339 e. The van der Waals surface area contributed by atoms with Crippen LogP contribution in [-0.4, -0.2) is 65.5 Å². The molecule has 4 aliphatic carbocycles. The number of amides is 4. The van der Waals surface area contributed by atoms with Crippen LogP contribution in [0.25, 0.3) is 0 Å². The van der Waals surface area contributed by atoms with Gasteiger partial charge in [-0.3, -0.25) is 14.4 Å². The molecule has 1 N–H and O–H groups in total. The lowest BCUT2D eigenvalue weighted by Gasteiger charge is -2.58. The summed E-state index contributed by atoms with van der Waals surface area (Å²) in [5.41, 5.74) is -0.446. The van der Waals surface area contributed by atoms with E-state index in [4.69, 9.17) is 4.74 Å². The van der Waals surface area contributed by atoms with Gasteiger partial charge in [-0.25, -0.2) is 14.6 Å². The quantitative estimate of drug-likeness (QED) is 0.400. The summed E-state index contributed by atoms with van der Waals surface area (Å²) in [4.78, 5) is 54.7. The number of carbonyl (C=O) groups excluding carboxylic acids is 4. The molecule has 6 fully saturated rings. The predicted octanol–water partition coefficient (Wildman–Crippen LogP) is 0.562. The van der Waals surface area contributed by atoms with E-state index in [1.165, 1.54) is 24.2 Å². The van der Waals surface area contributed by atoms with Crippen molar-refractivity contribution in [1.29, 1.82) is 0 Å². The Hall–Kier alpha value is -1.96. The molecule has 6 aliphatic rings. The number of ether oxygens (including phenoxy) is 1. The summed E-state index contributed by atoms with van der Waals surface area (Å²) in [6.45, 7) is 3.60. The van der Waals surface area contributed by atoms with Gasteiger partial charge in [0.2, 0.25) is 0 Å². The summed E-state index contributed by atoms with van der Waals surface area (Å²) in [7, 11) is 0. The van der Waals surface area contributed by atoms with Gasteiger partial charge in [-0.1, -0.05) is 0 Å². The second-order valence-corrected chi connectivity index (χ2v) is 10.3. The van der Waals surface area contributed by atoms with Crippen molar-refractivity contribution in [3.63, 3.8) is 0 Å². The summed E-state index contributed by atoms with van der Waals surface area (Å²) in [6.07, 6.45) is 7.81. The smallest absolute Gasteiger partial charge is 0.339 e. The number of imide groups is 2. The largest absolute Gasteiger partial charge is 0.466 e. The second-order valence-electron chi connectivity index (χ2n) is 10.3. The van der Waals surface area contributed by atoms with E-state index in [1.54, 1.807) is 6.92 Å². The first-order valence-electron chi connectivity index (χ1n) is 11.6. The SMILES string of the molecule is CCOC(=O)[C@@H]1CCC[NH+](CN2C(=O)C(=O)N(C34CC5CC(CC(C5)C3)C4)C2=O)C1. The molecule has 0 aromatic rings. The fourth-order valence-electron chi connectivity index (χ4n) is 7.38. The fraction of sp³-hybridized carbons (Fsp3) is 0.818. The summed E-state index contributed by atoms with van der Waals surface area (Å²) in [6, 6.07) is -0.433. The van der Waals surface area contributed by atoms with E-state index in [0.717, 1.165) is 48.4 Å². The van der Waals surface area contributed by atoms with Crippen molar-refractivity contribution in [3.8, 4) is 0 Å². The highest BCUT2D eigenvalue weighted by molar-refractivity contribution is 6.44. The predicted molar refractivity (Wildman–Crippen MR) is 105 cm³/mol. The lowest BCUT2D eigenvalue weighted by Crippen LogP contribution is -3.15. The number of rotatable bonds is 5. The second kappa shape index (κ2) is 7.32. The third kappa shape index (κ3) is 3.15. The van der Waals surface area contributed by atoms with E-state index in [-0.39, 0.29) is 18.6 Å². The molecule has 6 rings (SSSR count). The van der Waals surface area contributed by atoms with Crippen LogP contribution < -0.4 is 4.90 Å². The minimum absolute atomic E-state index is 0.155. The number of esters is 1. The van der Waals surface area contributed by atoms with Gasteiger partial charge in [0.1, 0.15) is 5.92 Å². The summed E-state index contributed by atoms with van der Waals surface area (Å²) < 4.78 is 5.15. The number of hydrogen-bond acceptors (Lipinski definition) is 5. The number of quaternary nitrogens is 1. The van der Waals surface area contributed by atoms with Crippen molar-refractivity contribution < 1.29 is 28.8 Å². The van der Waals surface area contributed by atoms with Crippen LogP contribution in [0, 0.1) is 23.7 Å². The molecule has 0 spiro atoms. The number of carbonyl (C=O) groups is 4. The minimum atomic E-state index is -0.693. The molecule has 30 heavy (non-hydrogen) atoms. The van der Waals surface area contributed by atoms with E-state index in [2.05, 4.69) is 0 Å². The number of urea groups is 1. The number of likely N-dealkylation sites (tertiary alicyclic amines) is 1. The molecular formula is C22H32N3O5+. The van der Waals surface area contributed by atoms with Crippen LogP contribution in [0.5, 0.6) is 0 Å². The molecule has 2 saturated heterocycles. The Labute approximate surface area is 176 Å². The molecule has 4 amide bonds. The Morgan fingerprint density at radius 1 is 1.07 bits per heavy atom. The van der Waals surface area contributed by atoms with Crippen molar-refractivity contribution >= 4 is 23.8 Å². The van der Waals surface area contributed by atoms with Crippen molar-refractivity contribution in [2.75, 3.05) is 26.4 Å². The topological polar surface area (TPSA) is 88.4 Å². The van der Waals surface area contributed by atoms with Gasteiger partial charge < -0.3 is 9.64 Å². The first kappa shape index (κ1) is 20.0. The van der Waals surface area contributed by atoms with E-state index < -0.39 is 23.4 Å². The van der Waals surface area contributed by atoms with Gasteiger partial charge >= 0.3 is 23.8 Å². The average Bonchev–Trinajstić information content (AvgIpc) is 2.91. The lowest BCUT2D eigenvalue weighted by atomic mass is 9.52. The lowest BCUT2D eigenvalue weighted by molar-refractivity contribution is -0.914. The van der Waals surface area contributed by atoms with Crippen LogP contribution >= 0.6 is 0 Å². The van der Waals surface area contributed by atoms with E-state index in [0.29, 0.717) is 30.9 Å². The van der Waals surface area contributed by atoms with E-state index in [1.807, 2.05) is 0 Å². The Bertz CT molecular complexity index is 745. The van der Waals surface area contributed by atoms with Crippen molar-refractivity contribution in [2.45, 2.75) is 63.8 Å². The van der Waals surface area contributed by atoms with Gasteiger partial charge in [-0.15, -0.1) is 0 Å². The highest BCUT2D eigenvalue weighted by atomic mass is 16.5. The van der Waals surface area contributed by atoms with Gasteiger partial charge in [0, 0.05) is 0 Å². The van der Waals surface area contributed by atoms with Crippen LogP contribution in [0.3, 0.4) is 0 Å².